The number of hydrogen-bond acceptors (Lipinski definition) is 4. The lowest BCUT2D eigenvalue weighted by Gasteiger charge is -2.24. The van der Waals surface area contributed by atoms with Gasteiger partial charge in [0.25, 0.3) is 5.91 Å². The van der Waals surface area contributed by atoms with E-state index in [0.29, 0.717) is 24.7 Å². The average Bonchev–Trinajstić information content (AvgIpc) is 2.65. The van der Waals surface area contributed by atoms with Crippen LogP contribution in [0.25, 0.3) is 0 Å². The van der Waals surface area contributed by atoms with Crippen molar-refractivity contribution >= 4 is 11.6 Å². The third kappa shape index (κ3) is 4.11. The molecule has 1 saturated heterocycles. The predicted molar refractivity (Wildman–Crippen MR) is 91.8 cm³/mol. The lowest BCUT2D eigenvalue weighted by molar-refractivity contribution is 0.0245. The summed E-state index contributed by atoms with van der Waals surface area (Å²) in [6.45, 7) is 1.22. The van der Waals surface area contributed by atoms with E-state index in [2.05, 4.69) is 5.32 Å². The molecule has 3 rings (SSSR count). The number of para-hydroxylation sites is 1. The van der Waals surface area contributed by atoms with Gasteiger partial charge in [-0.15, -0.1) is 0 Å². The Bertz CT molecular complexity index is 771. The summed E-state index contributed by atoms with van der Waals surface area (Å²) in [5.41, 5.74) is -0.282. The van der Waals surface area contributed by atoms with E-state index in [1.54, 1.807) is 6.07 Å². The molecule has 1 aliphatic rings. The first-order chi connectivity index (χ1) is 12.6. The molecule has 7 heteroatoms. The molecular weight excluding hydrogens is 344 g/mol. The van der Waals surface area contributed by atoms with Gasteiger partial charge in [0.05, 0.1) is 20.3 Å². The van der Waals surface area contributed by atoms with Crippen LogP contribution in [0.5, 0.6) is 11.5 Å². The van der Waals surface area contributed by atoms with Gasteiger partial charge in [0.15, 0.2) is 11.5 Å². The molecule has 5 nitrogen and oxygen atoms in total. The van der Waals surface area contributed by atoms with Gasteiger partial charge in [-0.2, -0.15) is 0 Å². The van der Waals surface area contributed by atoms with Crippen molar-refractivity contribution in [3.8, 4) is 11.5 Å². The smallest absolute Gasteiger partial charge is 0.255 e. The normalized spacial score (nSPS) is 14.7. The van der Waals surface area contributed by atoms with Crippen LogP contribution in [0.15, 0.2) is 36.4 Å². The molecule has 1 N–H and O–H groups in total. The van der Waals surface area contributed by atoms with Crippen LogP contribution in [0.4, 0.5) is 14.5 Å². The van der Waals surface area contributed by atoms with Crippen LogP contribution in [0.1, 0.15) is 23.2 Å². The van der Waals surface area contributed by atoms with E-state index in [0.717, 1.165) is 25.0 Å². The van der Waals surface area contributed by atoms with Gasteiger partial charge in [-0.05, 0) is 30.3 Å². The number of rotatable bonds is 5. The molecule has 2 aromatic carbocycles. The van der Waals surface area contributed by atoms with Crippen molar-refractivity contribution in [1.29, 1.82) is 0 Å². The van der Waals surface area contributed by atoms with E-state index in [9.17, 15) is 13.6 Å². The van der Waals surface area contributed by atoms with Crippen molar-refractivity contribution in [2.24, 2.45) is 0 Å². The second-order valence-electron chi connectivity index (χ2n) is 5.85. The molecule has 0 atom stereocenters. The summed E-state index contributed by atoms with van der Waals surface area (Å²) in [5, 5.41) is 2.26. The molecule has 1 fully saturated rings. The van der Waals surface area contributed by atoms with Crippen LogP contribution in [0.2, 0.25) is 0 Å². The number of ether oxygens (including phenoxy) is 3. The zero-order valence-electron chi connectivity index (χ0n) is 14.3. The Morgan fingerprint density at radius 1 is 1.12 bits per heavy atom. The Morgan fingerprint density at radius 3 is 2.46 bits per heavy atom. The third-order valence-corrected chi connectivity index (χ3v) is 4.09. The van der Waals surface area contributed by atoms with E-state index in [1.165, 1.54) is 25.3 Å². The number of amides is 1. The maximum absolute atomic E-state index is 13.7. The minimum absolute atomic E-state index is 0.0417. The van der Waals surface area contributed by atoms with Crippen LogP contribution in [-0.4, -0.2) is 32.3 Å². The van der Waals surface area contributed by atoms with Gasteiger partial charge in [0, 0.05) is 18.4 Å². The van der Waals surface area contributed by atoms with E-state index >= 15 is 0 Å². The molecule has 1 amide bonds. The average molecular weight is 363 g/mol. The van der Waals surface area contributed by atoms with Crippen molar-refractivity contribution in [1.82, 2.24) is 0 Å². The van der Waals surface area contributed by atoms with Gasteiger partial charge in [-0.25, -0.2) is 8.78 Å². The summed E-state index contributed by atoms with van der Waals surface area (Å²) >= 11 is 0. The van der Waals surface area contributed by atoms with Crippen LogP contribution >= 0.6 is 0 Å². The molecule has 0 saturated carbocycles. The molecule has 0 bridgehead atoms. The van der Waals surface area contributed by atoms with Gasteiger partial charge >= 0.3 is 0 Å². The number of hydrogen-bond donors (Lipinski definition) is 1. The molecule has 2 aromatic rings. The molecule has 0 aromatic heterocycles. The van der Waals surface area contributed by atoms with Crippen LogP contribution in [0, 0.1) is 11.6 Å². The molecular formula is C19H19F2NO4. The molecule has 1 heterocycles. The molecule has 0 unspecified atom stereocenters. The highest BCUT2D eigenvalue weighted by atomic mass is 19.1. The summed E-state index contributed by atoms with van der Waals surface area (Å²) in [4.78, 5) is 12.4. The molecule has 26 heavy (non-hydrogen) atoms. The summed E-state index contributed by atoms with van der Waals surface area (Å²) in [6.07, 6.45) is 1.43. The Hall–Kier alpha value is -2.67. The number of nitrogens with one attached hydrogen (secondary N) is 1. The SMILES string of the molecule is COc1ccc(C(=O)Nc2c(F)cccc2F)cc1OC1CCOCC1. The summed E-state index contributed by atoms with van der Waals surface area (Å²) in [7, 11) is 1.50. The maximum atomic E-state index is 13.7. The topological polar surface area (TPSA) is 56.8 Å². The predicted octanol–water partition coefficient (Wildman–Crippen LogP) is 3.78. The molecule has 1 aliphatic heterocycles. The Balaban J connectivity index is 1.80. The van der Waals surface area contributed by atoms with Crippen molar-refractivity contribution in [2.45, 2.75) is 18.9 Å². The van der Waals surface area contributed by atoms with E-state index < -0.39 is 23.2 Å². The molecule has 138 valence electrons. The van der Waals surface area contributed by atoms with Crippen molar-refractivity contribution < 1.29 is 27.8 Å². The van der Waals surface area contributed by atoms with Crippen molar-refractivity contribution in [3.63, 3.8) is 0 Å². The van der Waals surface area contributed by atoms with Gasteiger partial charge < -0.3 is 19.5 Å². The monoisotopic (exact) mass is 363 g/mol. The Morgan fingerprint density at radius 2 is 1.81 bits per heavy atom. The third-order valence-electron chi connectivity index (χ3n) is 4.09. The second-order valence-corrected chi connectivity index (χ2v) is 5.85. The minimum atomic E-state index is -0.842. The first-order valence-electron chi connectivity index (χ1n) is 8.26. The molecule has 0 spiro atoms. The van der Waals surface area contributed by atoms with Gasteiger partial charge in [-0.1, -0.05) is 6.07 Å². The van der Waals surface area contributed by atoms with Crippen LogP contribution < -0.4 is 14.8 Å². The highest BCUT2D eigenvalue weighted by Crippen LogP contribution is 2.31. The lowest BCUT2D eigenvalue weighted by Crippen LogP contribution is -2.26. The highest BCUT2D eigenvalue weighted by Gasteiger charge is 2.20. The zero-order chi connectivity index (χ0) is 18.5. The highest BCUT2D eigenvalue weighted by molar-refractivity contribution is 6.04. The minimum Gasteiger partial charge on any atom is -0.493 e. The van der Waals surface area contributed by atoms with Crippen LogP contribution in [0.3, 0.4) is 0 Å². The number of benzene rings is 2. The second kappa shape index (κ2) is 8.14. The zero-order valence-corrected chi connectivity index (χ0v) is 14.3. The molecule has 0 aliphatic carbocycles. The fourth-order valence-corrected chi connectivity index (χ4v) is 2.69. The van der Waals surface area contributed by atoms with Gasteiger partial charge in [0.2, 0.25) is 0 Å². The fraction of sp³-hybridized carbons (Fsp3) is 0.316. The number of carbonyl (C=O) groups is 1. The largest absolute Gasteiger partial charge is 0.493 e. The molecule has 0 radical (unpaired) electrons. The maximum Gasteiger partial charge on any atom is 0.255 e. The number of methoxy groups -OCH3 is 1. The van der Waals surface area contributed by atoms with Crippen molar-refractivity contribution in [3.05, 3.63) is 53.6 Å². The van der Waals surface area contributed by atoms with Crippen molar-refractivity contribution in [2.75, 3.05) is 25.6 Å². The quantitative estimate of drug-likeness (QED) is 0.878. The lowest BCUT2D eigenvalue weighted by atomic mass is 10.1. The van der Waals surface area contributed by atoms with Gasteiger partial charge in [-0.3, -0.25) is 4.79 Å². The van der Waals surface area contributed by atoms with Gasteiger partial charge in [0.1, 0.15) is 23.4 Å². The number of anilines is 1. The summed E-state index contributed by atoms with van der Waals surface area (Å²) in [6, 6.07) is 7.97. The number of halogens is 2. The standard InChI is InChI=1S/C19H19F2NO4/c1-24-16-6-5-12(11-17(16)26-13-7-9-25-10-8-13)19(23)22-18-14(20)3-2-4-15(18)21/h2-6,11,13H,7-10H2,1H3,(H,22,23). The Kier molecular flexibility index (Phi) is 5.68. The van der Waals surface area contributed by atoms with E-state index in [4.69, 9.17) is 14.2 Å². The first-order valence-corrected chi connectivity index (χ1v) is 8.26. The number of carbonyl (C=O) groups excluding carboxylic acids is 1. The summed E-state index contributed by atoms with van der Waals surface area (Å²) in [5.74, 6) is -1.45. The van der Waals surface area contributed by atoms with Crippen LogP contribution in [-0.2, 0) is 4.74 Å². The first kappa shape index (κ1) is 18.1. The summed E-state index contributed by atoms with van der Waals surface area (Å²) < 4.78 is 43.9. The van der Waals surface area contributed by atoms with E-state index in [1.807, 2.05) is 0 Å². The Labute approximate surface area is 149 Å². The van der Waals surface area contributed by atoms with E-state index in [-0.39, 0.29) is 11.7 Å². The fourth-order valence-electron chi connectivity index (χ4n) is 2.69.